The fourth-order valence-electron chi connectivity index (χ4n) is 0.782. The van der Waals surface area contributed by atoms with Crippen LogP contribution in [0.2, 0.25) is 0 Å². The molecule has 10 heavy (non-hydrogen) atoms. The van der Waals surface area contributed by atoms with Crippen LogP contribution in [0, 0.1) is 0 Å². The monoisotopic (exact) mass is 139 g/mol. The summed E-state index contributed by atoms with van der Waals surface area (Å²) in [6.45, 7) is 6.56. The Balaban J connectivity index is 0.000000810. The lowest BCUT2D eigenvalue weighted by Gasteiger charge is -2.20. The normalized spacial score (nSPS) is 10.7. The second-order valence-electron chi connectivity index (χ2n) is 3.26. The molecular weight excluding hydrogens is 122 g/mol. The maximum Gasteiger partial charge on any atom is 0.0355 e. The molecule has 1 rings (SSSR count). The fourth-order valence-corrected chi connectivity index (χ4v) is 0.782. The van der Waals surface area contributed by atoms with Gasteiger partial charge in [0, 0.05) is 17.9 Å². The third-order valence-corrected chi connectivity index (χ3v) is 1.38. The van der Waals surface area contributed by atoms with E-state index in [0.717, 1.165) is 0 Å². The second-order valence-corrected chi connectivity index (χ2v) is 3.26. The van der Waals surface area contributed by atoms with Crippen LogP contribution in [-0.4, -0.2) is 4.57 Å². The highest BCUT2D eigenvalue weighted by molar-refractivity contribution is 4.94. The van der Waals surface area contributed by atoms with Gasteiger partial charge >= 0.3 is 0 Å². The first-order valence-corrected chi connectivity index (χ1v) is 3.24. The van der Waals surface area contributed by atoms with Gasteiger partial charge in [-0.15, -0.1) is 0 Å². The van der Waals surface area contributed by atoms with Crippen LogP contribution in [0.1, 0.15) is 28.2 Å². The fraction of sp³-hybridized carbons (Fsp3) is 0.556. The molecule has 0 aliphatic carbocycles. The van der Waals surface area contributed by atoms with Crippen molar-refractivity contribution >= 4 is 0 Å². The molecule has 0 aliphatic rings. The molecule has 0 bridgehead atoms. The zero-order valence-corrected chi connectivity index (χ0v) is 6.26. The molecule has 0 radical (unpaired) electrons. The van der Waals surface area contributed by atoms with Crippen LogP contribution in [-0.2, 0) is 5.54 Å². The van der Waals surface area contributed by atoms with Crippen molar-refractivity contribution in [3.63, 3.8) is 0 Å². The van der Waals surface area contributed by atoms with E-state index in [4.69, 9.17) is 0 Å². The van der Waals surface area contributed by atoms with Crippen molar-refractivity contribution in [2.24, 2.45) is 0 Å². The lowest BCUT2D eigenvalue weighted by atomic mass is 10.1. The Morgan fingerprint density at radius 2 is 1.40 bits per heavy atom. The van der Waals surface area contributed by atoms with Crippen molar-refractivity contribution in [1.29, 1.82) is 0 Å². The molecule has 1 nitrogen and oxygen atoms in total. The first kappa shape index (κ1) is 9.28. The molecule has 0 atom stereocenters. The summed E-state index contributed by atoms with van der Waals surface area (Å²) < 4.78 is 2.19. The van der Waals surface area contributed by atoms with Crippen LogP contribution in [0.3, 0.4) is 0 Å². The molecule has 0 saturated carbocycles. The molecule has 1 aromatic heterocycles. The van der Waals surface area contributed by atoms with Crippen molar-refractivity contribution in [2.75, 3.05) is 0 Å². The van der Waals surface area contributed by atoms with E-state index in [9.17, 15) is 0 Å². The smallest absolute Gasteiger partial charge is 0.0355 e. The summed E-state index contributed by atoms with van der Waals surface area (Å²) in [5.74, 6) is 0. The highest BCUT2D eigenvalue weighted by atomic mass is 15.0. The molecule has 0 aromatic carbocycles. The molecule has 0 aliphatic heterocycles. The highest BCUT2D eigenvalue weighted by Gasteiger charge is 2.09. The summed E-state index contributed by atoms with van der Waals surface area (Å²) in [6, 6.07) is 4.09. The van der Waals surface area contributed by atoms with Crippen LogP contribution in [0.15, 0.2) is 24.5 Å². The first-order chi connectivity index (χ1) is 4.11. The van der Waals surface area contributed by atoms with Gasteiger partial charge in [-0.3, -0.25) is 0 Å². The van der Waals surface area contributed by atoms with E-state index in [2.05, 4.69) is 37.7 Å². The molecule has 0 spiro atoms. The quantitative estimate of drug-likeness (QED) is 0.521. The van der Waals surface area contributed by atoms with E-state index in [1.165, 1.54) is 0 Å². The van der Waals surface area contributed by atoms with Gasteiger partial charge in [-0.05, 0) is 32.9 Å². The Hall–Kier alpha value is -0.720. The summed E-state index contributed by atoms with van der Waals surface area (Å²) in [5.41, 5.74) is 0.240. The maximum absolute atomic E-state index is 2.19. The largest absolute Gasteiger partial charge is 0.349 e. The Labute approximate surface area is 63.7 Å². The van der Waals surface area contributed by atoms with Crippen molar-refractivity contribution in [3.05, 3.63) is 24.5 Å². The van der Waals surface area contributed by atoms with E-state index in [1.807, 2.05) is 12.1 Å². The second kappa shape index (κ2) is 2.91. The van der Waals surface area contributed by atoms with Gasteiger partial charge in [0.2, 0.25) is 0 Å². The topological polar surface area (TPSA) is 4.93 Å². The highest BCUT2D eigenvalue weighted by Crippen LogP contribution is 2.12. The zero-order chi connectivity index (χ0) is 6.91. The van der Waals surface area contributed by atoms with Gasteiger partial charge in [-0.1, -0.05) is 7.43 Å². The van der Waals surface area contributed by atoms with Crippen LogP contribution in [0.5, 0.6) is 0 Å². The Bertz CT molecular complexity index is 167. The van der Waals surface area contributed by atoms with Gasteiger partial charge in [-0.25, -0.2) is 0 Å². The van der Waals surface area contributed by atoms with Crippen LogP contribution in [0.25, 0.3) is 0 Å². The Kier molecular flexibility index (Phi) is 2.70. The number of nitrogens with zero attached hydrogens (tertiary/aromatic N) is 1. The van der Waals surface area contributed by atoms with Gasteiger partial charge in [-0.2, -0.15) is 0 Å². The summed E-state index contributed by atoms with van der Waals surface area (Å²) in [7, 11) is 0. The third-order valence-electron chi connectivity index (χ3n) is 1.38. The number of rotatable bonds is 0. The number of hydrogen-bond donors (Lipinski definition) is 0. The van der Waals surface area contributed by atoms with E-state index < -0.39 is 0 Å². The van der Waals surface area contributed by atoms with Crippen LogP contribution < -0.4 is 0 Å². The van der Waals surface area contributed by atoms with E-state index in [-0.39, 0.29) is 13.0 Å². The van der Waals surface area contributed by atoms with Crippen molar-refractivity contribution < 1.29 is 0 Å². The van der Waals surface area contributed by atoms with Gasteiger partial charge in [0.1, 0.15) is 0 Å². The average molecular weight is 139 g/mol. The molecule has 0 N–H and O–H groups in total. The summed E-state index contributed by atoms with van der Waals surface area (Å²) in [6.07, 6.45) is 4.17. The minimum absolute atomic E-state index is 0. The molecule has 1 heterocycles. The van der Waals surface area contributed by atoms with Crippen LogP contribution >= 0.6 is 0 Å². The summed E-state index contributed by atoms with van der Waals surface area (Å²) >= 11 is 0. The SMILES string of the molecule is C.CC(C)(C)n1cccc1. The molecule has 1 heteroatoms. The molecule has 0 amide bonds. The molecule has 0 unspecified atom stereocenters. The van der Waals surface area contributed by atoms with Crippen molar-refractivity contribution in [2.45, 2.75) is 33.7 Å². The van der Waals surface area contributed by atoms with Crippen molar-refractivity contribution in [3.8, 4) is 0 Å². The number of aromatic nitrogens is 1. The first-order valence-electron chi connectivity index (χ1n) is 3.24. The van der Waals surface area contributed by atoms with Gasteiger partial charge < -0.3 is 4.57 Å². The van der Waals surface area contributed by atoms with Gasteiger partial charge in [0.15, 0.2) is 0 Å². The minimum Gasteiger partial charge on any atom is -0.349 e. The van der Waals surface area contributed by atoms with E-state index in [0.29, 0.717) is 0 Å². The molecule has 0 saturated heterocycles. The predicted octanol–water partition coefficient (Wildman–Crippen LogP) is 2.88. The molecule has 0 fully saturated rings. The molecule has 58 valence electrons. The van der Waals surface area contributed by atoms with E-state index >= 15 is 0 Å². The number of hydrogen-bond acceptors (Lipinski definition) is 0. The summed E-state index contributed by atoms with van der Waals surface area (Å²) in [5, 5.41) is 0. The molecular formula is C9H17N. The lowest BCUT2D eigenvalue weighted by Crippen LogP contribution is -2.19. The Morgan fingerprint density at radius 3 is 1.60 bits per heavy atom. The van der Waals surface area contributed by atoms with Gasteiger partial charge in [0.25, 0.3) is 0 Å². The van der Waals surface area contributed by atoms with E-state index in [1.54, 1.807) is 0 Å². The Morgan fingerprint density at radius 1 is 1.00 bits per heavy atom. The minimum atomic E-state index is 0. The zero-order valence-electron chi connectivity index (χ0n) is 6.26. The molecule has 1 aromatic rings. The van der Waals surface area contributed by atoms with Crippen LogP contribution in [0.4, 0.5) is 0 Å². The third kappa shape index (κ3) is 1.90. The maximum atomic E-state index is 2.19. The predicted molar refractivity (Wildman–Crippen MR) is 46.2 cm³/mol. The summed E-state index contributed by atoms with van der Waals surface area (Å²) in [4.78, 5) is 0. The lowest BCUT2D eigenvalue weighted by molar-refractivity contribution is 0.398. The van der Waals surface area contributed by atoms with Gasteiger partial charge in [0.05, 0.1) is 0 Å². The standard InChI is InChI=1S/C8H13N.CH4/c1-8(2,3)9-6-4-5-7-9;/h4-7H,1-3H3;1H4. The van der Waals surface area contributed by atoms with Crippen molar-refractivity contribution in [1.82, 2.24) is 4.57 Å². The average Bonchev–Trinajstić information content (AvgIpc) is 2.08.